The summed E-state index contributed by atoms with van der Waals surface area (Å²) in [6, 6.07) is 0. The van der Waals surface area contributed by atoms with E-state index >= 15 is 0 Å². The Morgan fingerprint density at radius 2 is 1.94 bits per heavy atom. The Morgan fingerprint density at radius 3 is 2.50 bits per heavy atom. The molecule has 6 heteroatoms. The highest BCUT2D eigenvalue weighted by molar-refractivity contribution is 7.90. The van der Waals surface area contributed by atoms with Crippen LogP contribution in [0, 0.1) is 0 Å². The zero-order valence-corrected chi connectivity index (χ0v) is 11.1. The van der Waals surface area contributed by atoms with Gasteiger partial charge in [0, 0.05) is 6.54 Å². The number of rotatable bonds is 7. The standard InChI is InChI=1S/C10H20N2O2S2/c11-10(15)7-3-4-8-12-16(13,14)9-5-1-2-6-9/h9,12H,1-8H2,(H2,11,15). The fourth-order valence-electron chi connectivity index (χ4n) is 1.96. The van der Waals surface area contributed by atoms with Gasteiger partial charge in [-0.1, -0.05) is 25.1 Å². The molecule has 0 amide bonds. The van der Waals surface area contributed by atoms with Crippen molar-refractivity contribution in [1.82, 2.24) is 4.72 Å². The number of nitrogens with one attached hydrogen (secondary N) is 1. The Bertz CT molecular complexity index is 322. The summed E-state index contributed by atoms with van der Waals surface area (Å²) in [5.74, 6) is 0. The molecule has 1 fully saturated rings. The lowest BCUT2D eigenvalue weighted by molar-refractivity contribution is 0.561. The summed E-state index contributed by atoms with van der Waals surface area (Å²) < 4.78 is 26.2. The van der Waals surface area contributed by atoms with Crippen molar-refractivity contribution in [3.05, 3.63) is 0 Å². The molecular formula is C10H20N2O2S2. The van der Waals surface area contributed by atoms with E-state index in [9.17, 15) is 8.42 Å². The molecule has 0 bridgehead atoms. The molecular weight excluding hydrogens is 244 g/mol. The van der Waals surface area contributed by atoms with E-state index in [4.69, 9.17) is 18.0 Å². The molecule has 1 aliphatic rings. The molecule has 0 radical (unpaired) electrons. The molecule has 4 nitrogen and oxygen atoms in total. The maximum absolute atomic E-state index is 11.8. The lowest BCUT2D eigenvalue weighted by Gasteiger charge is -2.11. The number of sulfonamides is 1. The molecule has 0 saturated heterocycles. The largest absolute Gasteiger partial charge is 0.393 e. The first kappa shape index (κ1) is 13.9. The van der Waals surface area contributed by atoms with Crippen LogP contribution in [0.2, 0.25) is 0 Å². The molecule has 1 saturated carbocycles. The van der Waals surface area contributed by atoms with Gasteiger partial charge in [-0.3, -0.25) is 0 Å². The average Bonchev–Trinajstić information content (AvgIpc) is 2.69. The Hall–Kier alpha value is -0.200. The Balaban J connectivity index is 2.18. The van der Waals surface area contributed by atoms with Gasteiger partial charge < -0.3 is 5.73 Å². The van der Waals surface area contributed by atoms with Gasteiger partial charge in [0.2, 0.25) is 10.0 Å². The van der Waals surface area contributed by atoms with E-state index in [-0.39, 0.29) is 5.25 Å². The van der Waals surface area contributed by atoms with E-state index in [1.165, 1.54) is 0 Å². The molecule has 0 aromatic heterocycles. The van der Waals surface area contributed by atoms with Crippen LogP contribution in [0.1, 0.15) is 44.9 Å². The van der Waals surface area contributed by atoms with Gasteiger partial charge in [0.25, 0.3) is 0 Å². The summed E-state index contributed by atoms with van der Waals surface area (Å²) in [5.41, 5.74) is 5.35. The van der Waals surface area contributed by atoms with Crippen LogP contribution in [0.25, 0.3) is 0 Å². The zero-order valence-electron chi connectivity index (χ0n) is 9.44. The fraction of sp³-hybridized carbons (Fsp3) is 0.900. The van der Waals surface area contributed by atoms with Crippen LogP contribution in [0.15, 0.2) is 0 Å². The molecule has 0 heterocycles. The van der Waals surface area contributed by atoms with Crippen LogP contribution in [0.3, 0.4) is 0 Å². The third-order valence-electron chi connectivity index (χ3n) is 2.89. The van der Waals surface area contributed by atoms with Crippen LogP contribution in [0.5, 0.6) is 0 Å². The van der Waals surface area contributed by atoms with E-state index in [1.807, 2.05) is 0 Å². The van der Waals surface area contributed by atoms with Gasteiger partial charge in [-0.2, -0.15) is 0 Å². The van der Waals surface area contributed by atoms with E-state index in [0.29, 0.717) is 18.0 Å². The van der Waals surface area contributed by atoms with Gasteiger partial charge in [-0.25, -0.2) is 13.1 Å². The molecule has 0 unspecified atom stereocenters. The van der Waals surface area contributed by atoms with Crippen molar-refractivity contribution in [2.75, 3.05) is 6.54 Å². The van der Waals surface area contributed by atoms with Gasteiger partial charge in [0.15, 0.2) is 0 Å². The van der Waals surface area contributed by atoms with E-state index in [1.54, 1.807) is 0 Å². The summed E-state index contributed by atoms with van der Waals surface area (Å²) in [4.78, 5) is 0.499. The molecule has 0 atom stereocenters. The molecule has 0 aliphatic heterocycles. The van der Waals surface area contributed by atoms with Crippen LogP contribution < -0.4 is 10.5 Å². The van der Waals surface area contributed by atoms with Crippen molar-refractivity contribution >= 4 is 27.2 Å². The minimum absolute atomic E-state index is 0.164. The number of nitrogens with two attached hydrogens (primary N) is 1. The van der Waals surface area contributed by atoms with Crippen molar-refractivity contribution in [1.29, 1.82) is 0 Å². The first-order valence-electron chi connectivity index (χ1n) is 5.79. The number of unbranched alkanes of at least 4 members (excludes halogenated alkanes) is 1. The van der Waals surface area contributed by atoms with Gasteiger partial charge >= 0.3 is 0 Å². The second-order valence-electron chi connectivity index (χ2n) is 4.27. The maximum Gasteiger partial charge on any atom is 0.214 e. The number of hydrogen-bond donors (Lipinski definition) is 2. The second kappa shape index (κ2) is 6.51. The average molecular weight is 264 g/mol. The zero-order chi connectivity index (χ0) is 12.0. The maximum atomic E-state index is 11.8. The Labute approximate surface area is 103 Å². The number of thiocarbonyl (C=S) groups is 1. The minimum atomic E-state index is -3.07. The van der Waals surface area contributed by atoms with Crippen molar-refractivity contribution in [2.24, 2.45) is 5.73 Å². The van der Waals surface area contributed by atoms with E-state index < -0.39 is 10.0 Å². The fourth-order valence-corrected chi connectivity index (χ4v) is 3.72. The lowest BCUT2D eigenvalue weighted by Crippen LogP contribution is -2.33. The third kappa shape index (κ3) is 4.76. The van der Waals surface area contributed by atoms with Crippen molar-refractivity contribution < 1.29 is 8.42 Å². The first-order valence-corrected chi connectivity index (χ1v) is 7.74. The normalized spacial score (nSPS) is 17.8. The van der Waals surface area contributed by atoms with Crippen LogP contribution in [-0.2, 0) is 10.0 Å². The van der Waals surface area contributed by atoms with Crippen LogP contribution >= 0.6 is 12.2 Å². The van der Waals surface area contributed by atoms with Crippen LogP contribution in [-0.4, -0.2) is 25.2 Å². The van der Waals surface area contributed by atoms with Gasteiger partial charge in [0.05, 0.1) is 10.2 Å². The predicted molar refractivity (Wildman–Crippen MR) is 69.8 cm³/mol. The number of hydrogen-bond acceptors (Lipinski definition) is 3. The highest BCUT2D eigenvalue weighted by Gasteiger charge is 2.27. The Morgan fingerprint density at radius 1 is 1.31 bits per heavy atom. The molecule has 16 heavy (non-hydrogen) atoms. The molecule has 0 spiro atoms. The summed E-state index contributed by atoms with van der Waals surface area (Å²) in [5, 5.41) is -0.164. The highest BCUT2D eigenvalue weighted by Crippen LogP contribution is 2.23. The summed E-state index contributed by atoms with van der Waals surface area (Å²) >= 11 is 4.75. The van der Waals surface area contributed by atoms with Gasteiger partial charge in [-0.15, -0.1) is 0 Å². The molecule has 0 aromatic carbocycles. The summed E-state index contributed by atoms with van der Waals surface area (Å²) in [7, 11) is -3.07. The van der Waals surface area contributed by atoms with Crippen molar-refractivity contribution in [2.45, 2.75) is 50.2 Å². The molecule has 94 valence electrons. The molecule has 0 aromatic rings. The second-order valence-corrected chi connectivity index (χ2v) is 6.84. The summed E-state index contributed by atoms with van der Waals surface area (Å²) in [6.07, 6.45) is 6.02. The topological polar surface area (TPSA) is 72.2 Å². The predicted octanol–water partition coefficient (Wildman–Crippen LogP) is 1.30. The smallest absolute Gasteiger partial charge is 0.214 e. The lowest BCUT2D eigenvalue weighted by atomic mass is 10.2. The molecule has 3 N–H and O–H groups in total. The third-order valence-corrected chi connectivity index (χ3v) is 5.05. The van der Waals surface area contributed by atoms with Gasteiger partial charge in [-0.05, 0) is 32.1 Å². The molecule has 1 aliphatic carbocycles. The van der Waals surface area contributed by atoms with E-state index in [2.05, 4.69) is 4.72 Å². The Kier molecular flexibility index (Phi) is 5.64. The quantitative estimate of drug-likeness (QED) is 0.537. The summed E-state index contributed by atoms with van der Waals surface area (Å²) in [6.45, 7) is 0.501. The van der Waals surface area contributed by atoms with Crippen LogP contribution in [0.4, 0.5) is 0 Å². The van der Waals surface area contributed by atoms with Crippen molar-refractivity contribution in [3.8, 4) is 0 Å². The van der Waals surface area contributed by atoms with Gasteiger partial charge in [0.1, 0.15) is 0 Å². The molecule has 1 rings (SSSR count). The first-order chi connectivity index (χ1) is 7.52. The monoisotopic (exact) mass is 264 g/mol. The highest BCUT2D eigenvalue weighted by atomic mass is 32.2. The van der Waals surface area contributed by atoms with Crippen molar-refractivity contribution in [3.63, 3.8) is 0 Å². The van der Waals surface area contributed by atoms with E-state index in [0.717, 1.165) is 38.5 Å². The SMILES string of the molecule is NC(=S)CCCCNS(=O)(=O)C1CCCC1. The minimum Gasteiger partial charge on any atom is -0.393 e.